The second-order valence-electron chi connectivity index (χ2n) is 3.55. The number of rotatable bonds is 1. The van der Waals surface area contributed by atoms with Gasteiger partial charge in [-0.3, -0.25) is 0 Å². The summed E-state index contributed by atoms with van der Waals surface area (Å²) >= 11 is 0. The number of anilines is 2. The SMILES string of the molecule is CC1=CCN(c2cnc(N)cn2)CC1. The van der Waals surface area contributed by atoms with E-state index in [1.807, 2.05) is 0 Å². The van der Waals surface area contributed by atoms with Crippen molar-refractivity contribution in [1.29, 1.82) is 0 Å². The van der Waals surface area contributed by atoms with Gasteiger partial charge in [-0.05, 0) is 13.3 Å². The summed E-state index contributed by atoms with van der Waals surface area (Å²) in [5.74, 6) is 1.38. The number of hydrogen-bond donors (Lipinski definition) is 1. The average Bonchev–Trinajstić information content (AvgIpc) is 2.21. The maximum atomic E-state index is 5.47. The highest BCUT2D eigenvalue weighted by Crippen LogP contribution is 2.16. The maximum absolute atomic E-state index is 5.47. The molecule has 0 aliphatic carbocycles. The first-order valence-electron chi connectivity index (χ1n) is 4.74. The van der Waals surface area contributed by atoms with Gasteiger partial charge in [0.1, 0.15) is 11.6 Å². The lowest BCUT2D eigenvalue weighted by atomic mass is 10.1. The molecule has 2 N–H and O–H groups in total. The van der Waals surface area contributed by atoms with E-state index in [0.29, 0.717) is 5.82 Å². The van der Waals surface area contributed by atoms with Crippen molar-refractivity contribution in [2.24, 2.45) is 0 Å². The molecule has 0 atom stereocenters. The first-order valence-corrected chi connectivity index (χ1v) is 4.74. The standard InChI is InChI=1S/C10H14N4/c1-8-2-4-14(5-3-8)10-7-12-9(11)6-13-10/h2,6-7H,3-5H2,1H3,(H2,11,12). The van der Waals surface area contributed by atoms with Gasteiger partial charge < -0.3 is 10.6 Å². The van der Waals surface area contributed by atoms with E-state index in [1.165, 1.54) is 5.57 Å². The molecule has 0 spiro atoms. The molecule has 0 unspecified atom stereocenters. The van der Waals surface area contributed by atoms with Gasteiger partial charge in [-0.2, -0.15) is 0 Å². The van der Waals surface area contributed by atoms with Gasteiger partial charge in [-0.25, -0.2) is 9.97 Å². The van der Waals surface area contributed by atoms with E-state index < -0.39 is 0 Å². The molecule has 0 radical (unpaired) electrons. The van der Waals surface area contributed by atoms with Crippen LogP contribution in [0.15, 0.2) is 24.0 Å². The van der Waals surface area contributed by atoms with Crippen LogP contribution in [0.25, 0.3) is 0 Å². The number of aromatic nitrogens is 2. The van der Waals surface area contributed by atoms with E-state index in [2.05, 4.69) is 27.9 Å². The Morgan fingerprint density at radius 2 is 2.21 bits per heavy atom. The molecule has 1 aliphatic heterocycles. The zero-order chi connectivity index (χ0) is 9.97. The number of nitrogen functional groups attached to an aromatic ring is 1. The molecule has 4 nitrogen and oxygen atoms in total. The van der Waals surface area contributed by atoms with Crippen molar-refractivity contribution in [1.82, 2.24) is 9.97 Å². The molecule has 14 heavy (non-hydrogen) atoms. The van der Waals surface area contributed by atoms with Crippen LogP contribution < -0.4 is 10.6 Å². The van der Waals surface area contributed by atoms with Gasteiger partial charge in [0.25, 0.3) is 0 Å². The average molecular weight is 190 g/mol. The largest absolute Gasteiger partial charge is 0.382 e. The minimum atomic E-state index is 0.470. The third kappa shape index (κ3) is 1.84. The quantitative estimate of drug-likeness (QED) is 0.676. The first-order chi connectivity index (χ1) is 6.75. The summed E-state index contributed by atoms with van der Waals surface area (Å²) in [4.78, 5) is 10.5. The summed E-state index contributed by atoms with van der Waals surface area (Å²) in [6.07, 6.45) is 6.65. The minimum absolute atomic E-state index is 0.470. The lowest BCUT2D eigenvalue weighted by Crippen LogP contribution is -2.28. The molecular formula is C10H14N4. The Morgan fingerprint density at radius 1 is 1.36 bits per heavy atom. The predicted molar refractivity (Wildman–Crippen MR) is 57.0 cm³/mol. The van der Waals surface area contributed by atoms with Crippen LogP contribution in [0, 0.1) is 0 Å². The van der Waals surface area contributed by atoms with Crippen molar-refractivity contribution in [2.45, 2.75) is 13.3 Å². The highest BCUT2D eigenvalue weighted by Gasteiger charge is 2.10. The van der Waals surface area contributed by atoms with Crippen LogP contribution in [0.1, 0.15) is 13.3 Å². The van der Waals surface area contributed by atoms with Crippen LogP contribution in [-0.4, -0.2) is 23.1 Å². The Bertz CT molecular complexity index is 342. The molecule has 0 saturated heterocycles. The molecule has 4 heteroatoms. The Labute approximate surface area is 83.5 Å². The van der Waals surface area contributed by atoms with E-state index in [1.54, 1.807) is 12.4 Å². The Morgan fingerprint density at radius 3 is 2.79 bits per heavy atom. The zero-order valence-electron chi connectivity index (χ0n) is 8.27. The van der Waals surface area contributed by atoms with Crippen molar-refractivity contribution in [3.8, 4) is 0 Å². The van der Waals surface area contributed by atoms with Crippen molar-refractivity contribution >= 4 is 11.6 Å². The van der Waals surface area contributed by atoms with E-state index >= 15 is 0 Å². The topological polar surface area (TPSA) is 55.0 Å². The van der Waals surface area contributed by atoms with E-state index in [4.69, 9.17) is 5.73 Å². The third-order valence-electron chi connectivity index (χ3n) is 2.42. The lowest BCUT2D eigenvalue weighted by Gasteiger charge is -2.25. The molecule has 0 amide bonds. The van der Waals surface area contributed by atoms with E-state index in [-0.39, 0.29) is 0 Å². The Balaban J connectivity index is 2.13. The minimum Gasteiger partial charge on any atom is -0.382 e. The van der Waals surface area contributed by atoms with Crippen LogP contribution in [0.2, 0.25) is 0 Å². The molecule has 0 bridgehead atoms. The van der Waals surface area contributed by atoms with Gasteiger partial charge in [0, 0.05) is 13.1 Å². The fourth-order valence-electron chi connectivity index (χ4n) is 1.47. The van der Waals surface area contributed by atoms with E-state index in [0.717, 1.165) is 25.3 Å². The fraction of sp³-hybridized carbons (Fsp3) is 0.400. The van der Waals surface area contributed by atoms with Crippen LogP contribution in [0.5, 0.6) is 0 Å². The van der Waals surface area contributed by atoms with Crippen molar-refractivity contribution in [2.75, 3.05) is 23.7 Å². The van der Waals surface area contributed by atoms with E-state index in [9.17, 15) is 0 Å². The first kappa shape index (κ1) is 8.99. The fourth-order valence-corrected chi connectivity index (χ4v) is 1.47. The zero-order valence-corrected chi connectivity index (χ0v) is 8.27. The Hall–Kier alpha value is -1.58. The highest BCUT2D eigenvalue weighted by atomic mass is 15.2. The van der Waals surface area contributed by atoms with Crippen LogP contribution in [0.3, 0.4) is 0 Å². The maximum Gasteiger partial charge on any atom is 0.147 e. The molecular weight excluding hydrogens is 176 g/mol. The summed E-state index contributed by atoms with van der Waals surface area (Å²) < 4.78 is 0. The van der Waals surface area contributed by atoms with Crippen LogP contribution in [-0.2, 0) is 0 Å². The summed E-state index contributed by atoms with van der Waals surface area (Å²) in [5.41, 5.74) is 6.92. The number of nitrogens with two attached hydrogens (primary N) is 1. The highest BCUT2D eigenvalue weighted by molar-refractivity contribution is 5.41. The second kappa shape index (κ2) is 3.65. The molecule has 74 valence electrons. The molecule has 1 aromatic rings. The third-order valence-corrected chi connectivity index (χ3v) is 2.42. The second-order valence-corrected chi connectivity index (χ2v) is 3.55. The molecule has 1 aromatic heterocycles. The van der Waals surface area contributed by atoms with Crippen LogP contribution >= 0.6 is 0 Å². The smallest absolute Gasteiger partial charge is 0.147 e. The monoisotopic (exact) mass is 190 g/mol. The number of hydrogen-bond acceptors (Lipinski definition) is 4. The van der Waals surface area contributed by atoms with Gasteiger partial charge >= 0.3 is 0 Å². The summed E-state index contributed by atoms with van der Waals surface area (Å²) in [5, 5.41) is 0. The van der Waals surface area contributed by atoms with Gasteiger partial charge in [0.05, 0.1) is 12.4 Å². The normalized spacial score (nSPS) is 16.6. The van der Waals surface area contributed by atoms with Crippen molar-refractivity contribution < 1.29 is 0 Å². The molecule has 2 rings (SSSR count). The summed E-state index contributed by atoms with van der Waals surface area (Å²) in [7, 11) is 0. The molecule has 0 fully saturated rings. The van der Waals surface area contributed by atoms with Gasteiger partial charge in [-0.15, -0.1) is 0 Å². The van der Waals surface area contributed by atoms with Gasteiger partial charge in [-0.1, -0.05) is 11.6 Å². The molecule has 0 aromatic carbocycles. The van der Waals surface area contributed by atoms with Crippen LogP contribution in [0.4, 0.5) is 11.6 Å². The van der Waals surface area contributed by atoms with Gasteiger partial charge in [0.15, 0.2) is 0 Å². The Kier molecular flexibility index (Phi) is 2.35. The number of nitrogens with zero attached hydrogens (tertiary/aromatic N) is 3. The molecule has 1 aliphatic rings. The summed E-state index contributed by atoms with van der Waals surface area (Å²) in [6, 6.07) is 0. The van der Waals surface area contributed by atoms with Crippen molar-refractivity contribution in [3.63, 3.8) is 0 Å². The predicted octanol–water partition coefficient (Wildman–Crippen LogP) is 1.22. The summed E-state index contributed by atoms with van der Waals surface area (Å²) in [6.45, 7) is 4.09. The van der Waals surface area contributed by atoms with Gasteiger partial charge in [0.2, 0.25) is 0 Å². The molecule has 0 saturated carbocycles. The lowest BCUT2D eigenvalue weighted by molar-refractivity contribution is 0.773. The van der Waals surface area contributed by atoms with Crippen molar-refractivity contribution in [3.05, 3.63) is 24.0 Å². The molecule has 2 heterocycles.